The number of ether oxygens (including phenoxy) is 1. The first-order chi connectivity index (χ1) is 9.86. The smallest absolute Gasteiger partial charge is 0.340 e. The molecule has 0 bridgehead atoms. The van der Waals surface area contributed by atoms with E-state index in [9.17, 15) is 19.8 Å². The van der Waals surface area contributed by atoms with Gasteiger partial charge in [-0.05, 0) is 24.6 Å². The second kappa shape index (κ2) is 8.02. The summed E-state index contributed by atoms with van der Waals surface area (Å²) in [5.74, 6) is -0.521. The van der Waals surface area contributed by atoms with Crippen LogP contribution in [0, 0.1) is 0 Å². The number of aliphatic hydroxyl groups is 2. The van der Waals surface area contributed by atoms with Gasteiger partial charge in [-0.15, -0.1) is 0 Å². The number of hydrogen-bond donors (Lipinski definition) is 3. The number of nitrogen functional groups attached to an aromatic ring is 1. The van der Waals surface area contributed by atoms with Gasteiger partial charge in [0.25, 0.3) is 0 Å². The predicted octanol–water partition coefficient (Wildman–Crippen LogP) is 1.12. The number of carbonyl (C=O) groups is 2. The number of benzene rings is 1. The van der Waals surface area contributed by atoms with Crippen LogP contribution < -0.4 is 5.73 Å². The molecule has 0 saturated heterocycles. The molecule has 0 aliphatic heterocycles. The normalized spacial score (nSPS) is 13.5. The van der Waals surface area contributed by atoms with Crippen molar-refractivity contribution in [3.8, 4) is 0 Å². The molecule has 0 aliphatic carbocycles. The minimum Gasteiger partial charge on any atom is -0.462 e. The Labute approximate surface area is 127 Å². The molecule has 7 heteroatoms. The molecule has 4 N–H and O–H groups in total. The molecule has 0 aromatic heterocycles. The molecule has 0 aliphatic rings. The number of esters is 1. The number of aliphatic hydroxyl groups excluding tert-OH is 2. The highest BCUT2D eigenvalue weighted by atomic mass is 32.2. The molecule has 0 spiro atoms. The molecule has 0 amide bonds. The molecule has 0 heterocycles. The zero-order valence-corrected chi connectivity index (χ0v) is 12.7. The first kappa shape index (κ1) is 17.5. The third-order valence-corrected chi connectivity index (χ3v) is 3.65. The van der Waals surface area contributed by atoms with Crippen molar-refractivity contribution in [1.29, 1.82) is 0 Å². The summed E-state index contributed by atoms with van der Waals surface area (Å²) in [5.41, 5.74) is 6.41. The van der Waals surface area contributed by atoms with Gasteiger partial charge >= 0.3 is 5.97 Å². The van der Waals surface area contributed by atoms with Crippen LogP contribution in [0.4, 0.5) is 5.69 Å². The van der Waals surface area contributed by atoms with Gasteiger partial charge in [-0.1, -0.05) is 17.8 Å². The van der Waals surface area contributed by atoms with Crippen LogP contribution in [0.2, 0.25) is 0 Å². The van der Waals surface area contributed by atoms with Gasteiger partial charge in [0.1, 0.15) is 6.10 Å². The number of thioether (sulfide) groups is 1. The van der Waals surface area contributed by atoms with Crippen molar-refractivity contribution < 1.29 is 24.5 Å². The molecule has 1 aromatic rings. The van der Waals surface area contributed by atoms with E-state index in [2.05, 4.69) is 0 Å². The molecule has 21 heavy (non-hydrogen) atoms. The van der Waals surface area contributed by atoms with Gasteiger partial charge in [-0.3, -0.25) is 4.79 Å². The van der Waals surface area contributed by atoms with Crippen LogP contribution in [-0.2, 0) is 9.53 Å². The van der Waals surface area contributed by atoms with E-state index < -0.39 is 18.2 Å². The maximum absolute atomic E-state index is 11.7. The van der Waals surface area contributed by atoms with Gasteiger partial charge in [0.05, 0.1) is 18.3 Å². The third-order valence-electron chi connectivity index (χ3n) is 2.74. The van der Waals surface area contributed by atoms with Gasteiger partial charge in [-0.2, -0.15) is 0 Å². The highest BCUT2D eigenvalue weighted by Crippen LogP contribution is 2.24. The van der Waals surface area contributed by atoms with Crippen molar-refractivity contribution in [2.75, 3.05) is 18.1 Å². The quantitative estimate of drug-likeness (QED) is 0.533. The molecule has 1 aromatic carbocycles. The van der Waals surface area contributed by atoms with Gasteiger partial charge in [0.15, 0.2) is 5.12 Å². The Hall–Kier alpha value is -1.57. The molecule has 0 fully saturated rings. The van der Waals surface area contributed by atoms with E-state index in [1.807, 2.05) is 0 Å². The summed E-state index contributed by atoms with van der Waals surface area (Å²) >= 11 is 0.919. The average molecular weight is 313 g/mol. The highest BCUT2D eigenvalue weighted by Gasteiger charge is 2.21. The van der Waals surface area contributed by atoms with Crippen LogP contribution in [0.1, 0.15) is 35.9 Å². The van der Waals surface area contributed by atoms with E-state index in [0.717, 1.165) is 11.8 Å². The largest absolute Gasteiger partial charge is 0.462 e. The summed E-state index contributed by atoms with van der Waals surface area (Å²) in [6.07, 6.45) is -2.34. The number of hydrogen-bond acceptors (Lipinski definition) is 7. The Morgan fingerprint density at radius 3 is 2.62 bits per heavy atom. The fraction of sp³-hybridized carbons (Fsp3) is 0.429. The summed E-state index contributed by atoms with van der Waals surface area (Å²) in [7, 11) is 0. The van der Waals surface area contributed by atoms with E-state index in [-0.39, 0.29) is 28.7 Å². The number of nitrogens with two attached hydrogens (primary N) is 1. The molecular formula is C14H19NO5S. The van der Waals surface area contributed by atoms with Crippen molar-refractivity contribution in [2.45, 2.75) is 26.1 Å². The lowest BCUT2D eigenvalue weighted by Gasteiger charge is -2.18. The lowest BCUT2D eigenvalue weighted by Crippen LogP contribution is -2.22. The minimum atomic E-state index is -1.22. The molecule has 2 atom stereocenters. The first-order valence-corrected chi connectivity index (χ1v) is 7.41. The summed E-state index contributed by atoms with van der Waals surface area (Å²) in [4.78, 5) is 22.6. The Kier molecular flexibility index (Phi) is 6.67. The molecule has 0 saturated carbocycles. The average Bonchev–Trinajstić information content (AvgIpc) is 2.44. The van der Waals surface area contributed by atoms with Crippen molar-refractivity contribution >= 4 is 28.5 Å². The fourth-order valence-corrected chi connectivity index (χ4v) is 2.25. The zero-order chi connectivity index (χ0) is 16.0. The molecule has 2 unspecified atom stereocenters. The Morgan fingerprint density at radius 2 is 2.05 bits per heavy atom. The first-order valence-electron chi connectivity index (χ1n) is 6.42. The molecule has 0 radical (unpaired) electrons. The monoisotopic (exact) mass is 313 g/mol. The van der Waals surface area contributed by atoms with E-state index in [0.29, 0.717) is 5.56 Å². The second-order valence-electron chi connectivity index (χ2n) is 4.38. The van der Waals surface area contributed by atoms with Crippen molar-refractivity contribution in [1.82, 2.24) is 0 Å². The Morgan fingerprint density at radius 1 is 1.38 bits per heavy atom. The van der Waals surface area contributed by atoms with Gasteiger partial charge in [0.2, 0.25) is 0 Å². The molecule has 1 rings (SSSR count). The van der Waals surface area contributed by atoms with Gasteiger partial charge in [-0.25, -0.2) is 4.79 Å². The van der Waals surface area contributed by atoms with Gasteiger partial charge in [0, 0.05) is 18.4 Å². The maximum Gasteiger partial charge on any atom is 0.340 e. The minimum absolute atomic E-state index is 0.0651. The summed E-state index contributed by atoms with van der Waals surface area (Å²) in [6.45, 7) is 3.27. The van der Waals surface area contributed by atoms with E-state index in [4.69, 9.17) is 10.5 Å². The molecule has 116 valence electrons. The van der Waals surface area contributed by atoms with Crippen LogP contribution in [0.5, 0.6) is 0 Å². The standard InChI is InChI=1S/C14H19NO5S/c1-3-20-14(19)10-6-9(4-5-11(10)15)13(18)12(17)7-21-8(2)16/h4-6,12-13,17-18H,3,7,15H2,1-2H3. The highest BCUT2D eigenvalue weighted by molar-refractivity contribution is 8.13. The van der Waals surface area contributed by atoms with Crippen molar-refractivity contribution in [3.05, 3.63) is 29.3 Å². The van der Waals surface area contributed by atoms with Crippen LogP contribution >= 0.6 is 11.8 Å². The topological polar surface area (TPSA) is 110 Å². The molecule has 6 nitrogen and oxygen atoms in total. The van der Waals surface area contributed by atoms with Crippen molar-refractivity contribution in [3.63, 3.8) is 0 Å². The number of anilines is 1. The van der Waals surface area contributed by atoms with Crippen LogP contribution in [0.25, 0.3) is 0 Å². The molecular weight excluding hydrogens is 294 g/mol. The number of carbonyl (C=O) groups excluding carboxylic acids is 2. The second-order valence-corrected chi connectivity index (χ2v) is 5.58. The van der Waals surface area contributed by atoms with Crippen LogP contribution in [0.15, 0.2) is 18.2 Å². The number of rotatable bonds is 6. The SMILES string of the molecule is CCOC(=O)c1cc(C(O)C(O)CSC(C)=O)ccc1N. The summed E-state index contributed by atoms with van der Waals surface area (Å²) in [6, 6.07) is 4.37. The fourth-order valence-electron chi connectivity index (χ4n) is 1.66. The maximum atomic E-state index is 11.7. The lowest BCUT2D eigenvalue weighted by atomic mass is 10.0. The van der Waals surface area contributed by atoms with Crippen LogP contribution in [0.3, 0.4) is 0 Å². The van der Waals surface area contributed by atoms with E-state index in [1.54, 1.807) is 6.92 Å². The zero-order valence-electron chi connectivity index (χ0n) is 11.9. The van der Waals surface area contributed by atoms with E-state index in [1.165, 1.54) is 25.1 Å². The van der Waals surface area contributed by atoms with Crippen molar-refractivity contribution in [2.24, 2.45) is 0 Å². The third kappa shape index (κ3) is 5.04. The van der Waals surface area contributed by atoms with Crippen LogP contribution in [-0.4, -0.2) is 39.8 Å². The Balaban J connectivity index is 2.90. The van der Waals surface area contributed by atoms with E-state index >= 15 is 0 Å². The Bertz CT molecular complexity index is 520. The lowest BCUT2D eigenvalue weighted by molar-refractivity contribution is -0.109. The summed E-state index contributed by atoms with van der Waals surface area (Å²) < 4.78 is 4.87. The predicted molar refractivity (Wildman–Crippen MR) is 80.9 cm³/mol. The van der Waals surface area contributed by atoms with Gasteiger partial charge < -0.3 is 20.7 Å². The summed E-state index contributed by atoms with van der Waals surface area (Å²) in [5, 5.41) is 19.8.